The maximum Gasteiger partial charge on any atom is 0.203 e. The third-order valence-electron chi connectivity index (χ3n) is 6.50. The number of aromatic nitrogens is 2. The van der Waals surface area contributed by atoms with E-state index in [4.69, 9.17) is 19.2 Å². The molecule has 0 aliphatic rings. The topological polar surface area (TPSA) is 45.5 Å². The van der Waals surface area contributed by atoms with Gasteiger partial charge in [0.05, 0.1) is 32.5 Å². The summed E-state index contributed by atoms with van der Waals surface area (Å²) in [5.41, 5.74) is 6.51. The number of fused-ring (bicyclic) bond motifs is 3. The maximum atomic E-state index is 5.65. The Morgan fingerprint density at radius 2 is 1.46 bits per heavy atom. The first-order valence-corrected chi connectivity index (χ1v) is 11.9. The normalized spacial score (nSPS) is 11.2. The van der Waals surface area contributed by atoms with E-state index in [1.54, 1.807) is 21.3 Å². The van der Waals surface area contributed by atoms with Gasteiger partial charge in [-0.05, 0) is 49.6 Å². The van der Waals surface area contributed by atoms with Gasteiger partial charge < -0.3 is 18.8 Å². The van der Waals surface area contributed by atoms with Gasteiger partial charge in [-0.2, -0.15) is 0 Å². The van der Waals surface area contributed by atoms with Crippen molar-refractivity contribution in [2.75, 3.05) is 21.3 Å². The summed E-state index contributed by atoms with van der Waals surface area (Å²) >= 11 is 0. The van der Waals surface area contributed by atoms with Crippen molar-refractivity contribution in [2.45, 2.75) is 26.3 Å². The summed E-state index contributed by atoms with van der Waals surface area (Å²) in [5.74, 6) is 1.81. The highest BCUT2D eigenvalue weighted by molar-refractivity contribution is 6.12. The highest BCUT2D eigenvalue weighted by atomic mass is 16.5. The summed E-state index contributed by atoms with van der Waals surface area (Å²) in [4.78, 5) is 5.03. The number of aryl methyl sites for hydroxylation is 3. The van der Waals surface area contributed by atoms with Gasteiger partial charge in [-0.3, -0.25) is 4.98 Å². The second kappa shape index (κ2) is 9.71. The lowest BCUT2D eigenvalue weighted by molar-refractivity contribution is 0.324. The van der Waals surface area contributed by atoms with E-state index in [1.165, 1.54) is 21.9 Å². The van der Waals surface area contributed by atoms with Crippen LogP contribution in [0.3, 0.4) is 0 Å². The molecule has 0 bridgehead atoms. The van der Waals surface area contributed by atoms with Crippen molar-refractivity contribution in [3.8, 4) is 28.5 Å². The zero-order chi connectivity index (χ0) is 24.4. The molecular weight excluding hydrogens is 436 g/mol. The second-order valence-corrected chi connectivity index (χ2v) is 8.68. The molecular formula is C30H30N2O3. The third-order valence-corrected chi connectivity index (χ3v) is 6.50. The number of nitrogens with zero attached hydrogens (tertiary/aromatic N) is 2. The van der Waals surface area contributed by atoms with Crippen LogP contribution in [0.15, 0.2) is 72.8 Å². The fourth-order valence-electron chi connectivity index (χ4n) is 4.94. The average Bonchev–Trinajstić information content (AvgIpc) is 3.21. The molecule has 0 atom stereocenters. The summed E-state index contributed by atoms with van der Waals surface area (Å²) in [5, 5.41) is 2.44. The number of methoxy groups -OCH3 is 3. The molecule has 2 heterocycles. The number of hydrogen-bond donors (Lipinski definition) is 0. The van der Waals surface area contributed by atoms with Crippen molar-refractivity contribution in [2.24, 2.45) is 0 Å². The monoisotopic (exact) mass is 466 g/mol. The van der Waals surface area contributed by atoms with Crippen LogP contribution in [0.25, 0.3) is 33.1 Å². The molecule has 5 heteroatoms. The lowest BCUT2D eigenvalue weighted by Gasteiger charge is -2.16. The van der Waals surface area contributed by atoms with Gasteiger partial charge in [-0.15, -0.1) is 0 Å². The van der Waals surface area contributed by atoms with Gasteiger partial charge in [0.1, 0.15) is 0 Å². The van der Waals surface area contributed by atoms with Crippen molar-refractivity contribution < 1.29 is 14.2 Å². The molecule has 5 rings (SSSR count). The molecule has 0 amide bonds. The lowest BCUT2D eigenvalue weighted by Crippen LogP contribution is -2.02. The highest BCUT2D eigenvalue weighted by Crippen LogP contribution is 2.43. The molecule has 35 heavy (non-hydrogen) atoms. The van der Waals surface area contributed by atoms with Crippen molar-refractivity contribution in [3.63, 3.8) is 0 Å². The largest absolute Gasteiger partial charge is 0.493 e. The van der Waals surface area contributed by atoms with Gasteiger partial charge in [-0.25, -0.2) is 0 Å². The van der Waals surface area contributed by atoms with Crippen LogP contribution in [0.4, 0.5) is 0 Å². The average molecular weight is 467 g/mol. The van der Waals surface area contributed by atoms with Crippen LogP contribution in [0.1, 0.15) is 17.7 Å². The summed E-state index contributed by atoms with van der Waals surface area (Å²) in [7, 11) is 4.90. The first-order valence-electron chi connectivity index (χ1n) is 11.9. The molecule has 0 radical (unpaired) electrons. The van der Waals surface area contributed by atoms with Crippen molar-refractivity contribution in [1.29, 1.82) is 0 Å². The molecule has 0 unspecified atom stereocenters. The maximum absolute atomic E-state index is 5.65. The van der Waals surface area contributed by atoms with Crippen LogP contribution in [0.2, 0.25) is 0 Å². The molecule has 0 saturated carbocycles. The summed E-state index contributed by atoms with van der Waals surface area (Å²) < 4.78 is 19.3. The van der Waals surface area contributed by atoms with Crippen molar-refractivity contribution >= 4 is 21.8 Å². The fourth-order valence-corrected chi connectivity index (χ4v) is 4.94. The van der Waals surface area contributed by atoms with Gasteiger partial charge in [0, 0.05) is 34.1 Å². The van der Waals surface area contributed by atoms with Crippen LogP contribution >= 0.6 is 0 Å². The molecule has 5 nitrogen and oxygen atoms in total. The Labute approximate surface area is 205 Å². The first kappa shape index (κ1) is 22.8. The predicted molar refractivity (Wildman–Crippen MR) is 142 cm³/mol. The molecule has 0 fully saturated rings. The Hall–Kier alpha value is -3.99. The van der Waals surface area contributed by atoms with Crippen LogP contribution < -0.4 is 14.2 Å². The smallest absolute Gasteiger partial charge is 0.203 e. The lowest BCUT2D eigenvalue weighted by atomic mass is 10.1. The van der Waals surface area contributed by atoms with Crippen molar-refractivity contribution in [1.82, 2.24) is 9.55 Å². The Bertz CT molecular complexity index is 1460. The van der Waals surface area contributed by atoms with E-state index in [0.717, 1.165) is 41.9 Å². The Morgan fingerprint density at radius 3 is 2.14 bits per heavy atom. The predicted octanol–water partition coefficient (Wildman–Crippen LogP) is 6.82. The van der Waals surface area contributed by atoms with Crippen molar-refractivity contribution in [3.05, 3.63) is 84.1 Å². The number of benzene rings is 3. The van der Waals surface area contributed by atoms with Gasteiger partial charge in [0.15, 0.2) is 11.5 Å². The Morgan fingerprint density at radius 1 is 0.771 bits per heavy atom. The van der Waals surface area contributed by atoms with E-state index >= 15 is 0 Å². The zero-order valence-corrected chi connectivity index (χ0v) is 20.7. The molecule has 178 valence electrons. The fraction of sp³-hybridized carbons (Fsp3) is 0.233. The van der Waals surface area contributed by atoms with E-state index in [-0.39, 0.29) is 0 Å². The third kappa shape index (κ3) is 4.18. The molecule has 3 aromatic carbocycles. The Balaban J connectivity index is 1.70. The van der Waals surface area contributed by atoms with E-state index in [2.05, 4.69) is 65.2 Å². The first-order chi connectivity index (χ1) is 17.1. The van der Waals surface area contributed by atoms with Crippen LogP contribution in [-0.2, 0) is 13.0 Å². The van der Waals surface area contributed by atoms with E-state index in [0.29, 0.717) is 17.2 Å². The molecule has 0 saturated heterocycles. The molecule has 2 aromatic heterocycles. The number of ether oxygens (including phenoxy) is 3. The summed E-state index contributed by atoms with van der Waals surface area (Å²) in [6.07, 6.45) is 2.05. The summed E-state index contributed by atoms with van der Waals surface area (Å²) in [6.45, 7) is 2.93. The summed E-state index contributed by atoms with van der Waals surface area (Å²) in [6, 6.07) is 25.4. The number of rotatable bonds is 8. The zero-order valence-electron chi connectivity index (χ0n) is 20.7. The molecule has 0 spiro atoms. The van der Waals surface area contributed by atoms with E-state index in [9.17, 15) is 0 Å². The number of hydrogen-bond acceptors (Lipinski definition) is 4. The van der Waals surface area contributed by atoms with Gasteiger partial charge in [0.25, 0.3) is 0 Å². The van der Waals surface area contributed by atoms with Gasteiger partial charge in [0.2, 0.25) is 5.75 Å². The highest BCUT2D eigenvalue weighted by Gasteiger charge is 2.20. The minimum Gasteiger partial charge on any atom is -0.493 e. The Kier molecular flexibility index (Phi) is 6.32. The quantitative estimate of drug-likeness (QED) is 0.252. The molecule has 5 aromatic rings. The van der Waals surface area contributed by atoms with Crippen LogP contribution in [0, 0.1) is 6.92 Å². The van der Waals surface area contributed by atoms with E-state index in [1.807, 2.05) is 19.1 Å². The van der Waals surface area contributed by atoms with E-state index < -0.39 is 0 Å². The van der Waals surface area contributed by atoms with Crippen LogP contribution in [0.5, 0.6) is 17.2 Å². The van der Waals surface area contributed by atoms with Gasteiger partial charge in [-0.1, -0.05) is 48.5 Å². The molecule has 0 N–H and O–H groups in total. The molecule has 0 aliphatic carbocycles. The number of para-hydroxylation sites is 1. The minimum atomic E-state index is 0.575. The number of pyridine rings is 1. The molecule has 0 aliphatic heterocycles. The minimum absolute atomic E-state index is 0.575. The second-order valence-electron chi connectivity index (χ2n) is 8.68. The SMILES string of the molecule is COc1cc(-c2nc(C)cc3c4ccccc4n(CCCc4ccccc4)c23)cc(OC)c1OC. The van der Waals surface area contributed by atoms with Gasteiger partial charge >= 0.3 is 0 Å². The standard InChI is InChI=1S/C30H30N2O3/c1-20-17-24-23-14-8-9-15-25(23)32(16-10-13-21-11-6-5-7-12-21)29(24)28(31-20)22-18-26(33-2)30(35-4)27(19-22)34-3/h5-9,11-12,14-15,17-19H,10,13,16H2,1-4H3. The van der Waals surface area contributed by atoms with Crippen LogP contribution in [-0.4, -0.2) is 30.9 Å².